The molecule has 0 bridgehead atoms. The maximum atomic E-state index is 10.4. The lowest BCUT2D eigenvalue weighted by Gasteiger charge is -2.11. The van der Waals surface area contributed by atoms with E-state index in [-0.39, 0.29) is 6.04 Å². The molecule has 1 aliphatic rings. The Hall–Kier alpha value is -0.650. The molecule has 3 atom stereocenters. The van der Waals surface area contributed by atoms with Crippen molar-refractivity contribution < 1.29 is 9.90 Å². The number of carbonyl (C=O) groups is 1. The number of rotatable bonds is 1. The fourth-order valence-electron chi connectivity index (χ4n) is 1.03. The molecule has 58 valence electrons. The zero-order valence-electron chi connectivity index (χ0n) is 5.45. The zero-order valence-corrected chi connectivity index (χ0v) is 5.45. The van der Waals surface area contributed by atoms with Gasteiger partial charge in [-0.05, 0) is 0 Å². The van der Waals surface area contributed by atoms with Crippen molar-refractivity contribution in [3.63, 3.8) is 0 Å². The normalized spacial score (nSPS) is 40.0. The summed E-state index contributed by atoms with van der Waals surface area (Å²) in [5.74, 6) is -0.930. The summed E-state index contributed by atoms with van der Waals surface area (Å²) in [6.45, 7) is 0.484. The van der Waals surface area contributed by atoms with E-state index in [1.165, 1.54) is 0 Å². The van der Waals surface area contributed by atoms with Crippen LogP contribution in [0.25, 0.3) is 0 Å². The third-order valence-electron chi connectivity index (χ3n) is 1.72. The summed E-state index contributed by atoms with van der Waals surface area (Å²) in [5, 5.41) is 11.2. The number of hydrogen-bond donors (Lipinski definition) is 4. The van der Waals surface area contributed by atoms with E-state index in [1.54, 1.807) is 0 Å². The van der Waals surface area contributed by atoms with Crippen molar-refractivity contribution in [2.75, 3.05) is 6.54 Å². The highest BCUT2D eigenvalue weighted by Crippen LogP contribution is 2.02. The van der Waals surface area contributed by atoms with E-state index in [4.69, 9.17) is 16.6 Å². The minimum absolute atomic E-state index is 0.235. The number of carboxylic acid groups (broad SMARTS) is 1. The molecular weight excluding hydrogens is 134 g/mol. The van der Waals surface area contributed by atoms with Gasteiger partial charge in [-0.3, -0.25) is 4.79 Å². The topological polar surface area (TPSA) is 101 Å². The molecule has 6 N–H and O–H groups in total. The van der Waals surface area contributed by atoms with Crippen LogP contribution in [0.1, 0.15) is 0 Å². The molecule has 1 saturated heterocycles. The van der Waals surface area contributed by atoms with Gasteiger partial charge in [0.05, 0.1) is 0 Å². The molecule has 0 aromatic heterocycles. The molecule has 1 aliphatic heterocycles. The number of nitrogens with one attached hydrogen (secondary N) is 1. The molecule has 1 rings (SSSR count). The summed E-state index contributed by atoms with van der Waals surface area (Å²) in [6.07, 6.45) is 0. The maximum absolute atomic E-state index is 10.4. The molecule has 1 fully saturated rings. The third-order valence-corrected chi connectivity index (χ3v) is 1.72. The van der Waals surface area contributed by atoms with E-state index < -0.39 is 18.1 Å². The first kappa shape index (κ1) is 7.46. The molecule has 5 heteroatoms. The van der Waals surface area contributed by atoms with Crippen molar-refractivity contribution in [2.24, 2.45) is 11.5 Å². The number of aliphatic carboxylic acids is 1. The average molecular weight is 145 g/mol. The smallest absolute Gasteiger partial charge is 0.322 e. The lowest BCUT2D eigenvalue weighted by molar-refractivity contribution is -0.139. The highest BCUT2D eigenvalue weighted by atomic mass is 16.4. The molecule has 3 unspecified atom stereocenters. The molecule has 5 nitrogen and oxygen atoms in total. The van der Waals surface area contributed by atoms with Gasteiger partial charge in [0.2, 0.25) is 0 Å². The van der Waals surface area contributed by atoms with Crippen LogP contribution in [-0.4, -0.2) is 35.7 Å². The Morgan fingerprint density at radius 2 is 2.20 bits per heavy atom. The summed E-state index contributed by atoms with van der Waals surface area (Å²) in [6, 6.07) is -1.37. The van der Waals surface area contributed by atoms with Crippen LogP contribution in [0.3, 0.4) is 0 Å². The van der Waals surface area contributed by atoms with Gasteiger partial charge in [0, 0.05) is 18.6 Å². The zero-order chi connectivity index (χ0) is 7.72. The lowest BCUT2D eigenvalue weighted by Crippen LogP contribution is -2.48. The molecule has 10 heavy (non-hydrogen) atoms. The standard InChI is InChI=1S/C5H11N3O2/c6-2-1-8-4(3(2)7)5(9)10/h2-4,8H,1,6-7H2,(H,9,10). The average Bonchev–Trinajstić information content (AvgIpc) is 2.14. The highest BCUT2D eigenvalue weighted by Gasteiger charge is 2.35. The Balaban J connectivity index is 2.57. The van der Waals surface area contributed by atoms with E-state index in [1.807, 2.05) is 0 Å². The summed E-state index contributed by atoms with van der Waals surface area (Å²) >= 11 is 0. The van der Waals surface area contributed by atoms with Gasteiger partial charge in [-0.25, -0.2) is 0 Å². The minimum atomic E-state index is -0.930. The van der Waals surface area contributed by atoms with Crippen molar-refractivity contribution in [1.29, 1.82) is 0 Å². The molecule has 0 spiro atoms. The van der Waals surface area contributed by atoms with E-state index in [0.29, 0.717) is 6.54 Å². The van der Waals surface area contributed by atoms with Crippen molar-refractivity contribution >= 4 is 5.97 Å². The highest BCUT2D eigenvalue weighted by molar-refractivity contribution is 5.75. The Kier molecular flexibility index (Phi) is 1.89. The number of hydrogen-bond acceptors (Lipinski definition) is 4. The second-order valence-corrected chi connectivity index (χ2v) is 2.47. The fourth-order valence-corrected chi connectivity index (χ4v) is 1.03. The van der Waals surface area contributed by atoms with Crippen LogP contribution in [0.5, 0.6) is 0 Å². The SMILES string of the molecule is NC1CNC(C(=O)O)C1N. The van der Waals surface area contributed by atoms with E-state index >= 15 is 0 Å². The van der Waals surface area contributed by atoms with E-state index in [2.05, 4.69) is 5.32 Å². The van der Waals surface area contributed by atoms with Crippen LogP contribution in [0.2, 0.25) is 0 Å². The summed E-state index contributed by atoms with van der Waals surface area (Å²) in [4.78, 5) is 10.4. The lowest BCUT2D eigenvalue weighted by atomic mass is 10.1. The number of nitrogens with two attached hydrogens (primary N) is 2. The van der Waals surface area contributed by atoms with Gasteiger partial charge in [0.25, 0.3) is 0 Å². The van der Waals surface area contributed by atoms with Gasteiger partial charge in [-0.15, -0.1) is 0 Å². The fraction of sp³-hybridized carbons (Fsp3) is 0.800. The van der Waals surface area contributed by atoms with Crippen LogP contribution >= 0.6 is 0 Å². The van der Waals surface area contributed by atoms with Crippen LogP contribution in [0, 0.1) is 0 Å². The first-order valence-electron chi connectivity index (χ1n) is 3.10. The first-order chi connectivity index (χ1) is 4.63. The van der Waals surface area contributed by atoms with Crippen LogP contribution in [0.4, 0.5) is 0 Å². The third kappa shape index (κ3) is 1.11. The largest absolute Gasteiger partial charge is 0.480 e. The molecule has 0 radical (unpaired) electrons. The van der Waals surface area contributed by atoms with Crippen LogP contribution < -0.4 is 16.8 Å². The van der Waals surface area contributed by atoms with Gasteiger partial charge in [-0.2, -0.15) is 0 Å². The number of carboxylic acids is 1. The van der Waals surface area contributed by atoms with Crippen LogP contribution in [0.15, 0.2) is 0 Å². The first-order valence-corrected chi connectivity index (χ1v) is 3.10. The predicted molar refractivity (Wildman–Crippen MR) is 35.4 cm³/mol. The monoisotopic (exact) mass is 145 g/mol. The van der Waals surface area contributed by atoms with E-state index in [0.717, 1.165) is 0 Å². The minimum Gasteiger partial charge on any atom is -0.480 e. The van der Waals surface area contributed by atoms with Gasteiger partial charge < -0.3 is 21.9 Å². The Labute approximate surface area is 58.4 Å². The van der Waals surface area contributed by atoms with Crippen molar-refractivity contribution in [1.82, 2.24) is 5.32 Å². The van der Waals surface area contributed by atoms with Gasteiger partial charge in [0.15, 0.2) is 0 Å². The summed E-state index contributed by atoms with van der Waals surface area (Å²) in [7, 11) is 0. The van der Waals surface area contributed by atoms with Crippen molar-refractivity contribution in [3.05, 3.63) is 0 Å². The molecule has 0 saturated carbocycles. The Morgan fingerprint density at radius 3 is 2.40 bits per heavy atom. The second kappa shape index (κ2) is 2.53. The van der Waals surface area contributed by atoms with E-state index in [9.17, 15) is 4.79 Å². The molecule has 1 heterocycles. The van der Waals surface area contributed by atoms with Crippen LogP contribution in [-0.2, 0) is 4.79 Å². The van der Waals surface area contributed by atoms with Crippen molar-refractivity contribution in [2.45, 2.75) is 18.1 Å². The molecule has 0 aromatic carbocycles. The van der Waals surface area contributed by atoms with Gasteiger partial charge in [0.1, 0.15) is 6.04 Å². The van der Waals surface area contributed by atoms with Gasteiger partial charge in [-0.1, -0.05) is 0 Å². The molecule has 0 aromatic rings. The summed E-state index contributed by atoms with van der Waals surface area (Å²) in [5.41, 5.74) is 10.9. The quantitative estimate of drug-likeness (QED) is 0.332. The Morgan fingerprint density at radius 1 is 1.60 bits per heavy atom. The second-order valence-electron chi connectivity index (χ2n) is 2.47. The maximum Gasteiger partial charge on any atom is 0.322 e. The predicted octanol–water partition coefficient (Wildman–Crippen LogP) is -2.30. The van der Waals surface area contributed by atoms with Crippen molar-refractivity contribution in [3.8, 4) is 0 Å². The Bertz CT molecular complexity index is 150. The van der Waals surface area contributed by atoms with Gasteiger partial charge >= 0.3 is 5.97 Å². The molecule has 0 aliphatic carbocycles. The summed E-state index contributed by atoms with van der Waals surface area (Å²) < 4.78 is 0. The molecular formula is C5H11N3O2. The molecule has 0 amide bonds.